The van der Waals surface area contributed by atoms with Crippen molar-refractivity contribution in [1.29, 1.82) is 5.26 Å². The Kier molecular flexibility index (Phi) is 5.14. The number of hydrogen-bond donors (Lipinski definition) is 1. The van der Waals surface area contributed by atoms with E-state index in [2.05, 4.69) is 27.9 Å². The van der Waals surface area contributed by atoms with E-state index in [1.165, 1.54) is 12.1 Å². The van der Waals surface area contributed by atoms with Crippen molar-refractivity contribution in [3.8, 4) is 6.07 Å². The molecule has 4 nitrogen and oxygen atoms in total. The van der Waals surface area contributed by atoms with Gasteiger partial charge in [0.15, 0.2) is 0 Å². The first-order valence-corrected chi connectivity index (χ1v) is 9.32. The minimum Gasteiger partial charge on any atom is -0.333 e. The van der Waals surface area contributed by atoms with Crippen molar-refractivity contribution < 1.29 is 18.0 Å². The predicted octanol–water partition coefficient (Wildman–Crippen LogP) is 5.51. The van der Waals surface area contributed by atoms with E-state index in [0.717, 1.165) is 26.6 Å². The second kappa shape index (κ2) is 7.13. The zero-order valence-corrected chi connectivity index (χ0v) is 17.1. The van der Waals surface area contributed by atoms with Crippen molar-refractivity contribution >= 4 is 45.1 Å². The number of nitrogens with one attached hydrogen (secondary N) is 1. The first-order chi connectivity index (χ1) is 13.0. The van der Waals surface area contributed by atoms with E-state index >= 15 is 0 Å². The molecule has 0 saturated heterocycles. The standard InChI is InChI=1S/C20H15F3IN3O/c1-19(2,27-8-7-12-9-14(24)4-6-17(12)27)18(28)26-15-5-3-13(11-25)16(10-15)20(21,22)23/h3-10H,1-2H3,(H,26,28). The van der Waals surface area contributed by atoms with Crippen molar-refractivity contribution in [3.05, 3.63) is 63.4 Å². The van der Waals surface area contributed by atoms with E-state index in [9.17, 15) is 18.0 Å². The molecule has 0 spiro atoms. The summed E-state index contributed by atoms with van der Waals surface area (Å²) >= 11 is 2.20. The second-order valence-electron chi connectivity index (χ2n) is 6.77. The Morgan fingerprint density at radius 3 is 2.50 bits per heavy atom. The second-order valence-corrected chi connectivity index (χ2v) is 8.02. The Bertz CT molecular complexity index is 1110. The summed E-state index contributed by atoms with van der Waals surface area (Å²) in [4.78, 5) is 12.9. The lowest BCUT2D eigenvalue weighted by Crippen LogP contribution is -2.39. The highest BCUT2D eigenvalue weighted by Crippen LogP contribution is 2.34. The molecule has 0 aliphatic heterocycles. The number of carbonyl (C=O) groups is 1. The highest BCUT2D eigenvalue weighted by Gasteiger charge is 2.35. The van der Waals surface area contributed by atoms with Crippen LogP contribution in [0.15, 0.2) is 48.7 Å². The lowest BCUT2D eigenvalue weighted by Gasteiger charge is -2.27. The van der Waals surface area contributed by atoms with Gasteiger partial charge in [-0.3, -0.25) is 4.79 Å². The molecule has 8 heteroatoms. The van der Waals surface area contributed by atoms with Crippen LogP contribution in [0.4, 0.5) is 18.9 Å². The Morgan fingerprint density at radius 2 is 1.86 bits per heavy atom. The smallest absolute Gasteiger partial charge is 0.333 e. The summed E-state index contributed by atoms with van der Waals surface area (Å²) in [6.45, 7) is 3.38. The maximum Gasteiger partial charge on any atom is 0.417 e. The predicted molar refractivity (Wildman–Crippen MR) is 109 cm³/mol. The van der Waals surface area contributed by atoms with Crippen LogP contribution < -0.4 is 5.32 Å². The Balaban J connectivity index is 1.94. The molecule has 1 amide bonds. The quantitative estimate of drug-likeness (QED) is 0.486. The van der Waals surface area contributed by atoms with Crippen molar-refractivity contribution in [2.24, 2.45) is 0 Å². The minimum atomic E-state index is -4.69. The average Bonchev–Trinajstić information content (AvgIpc) is 3.04. The zero-order chi connectivity index (χ0) is 20.7. The molecule has 1 aromatic heterocycles. The van der Waals surface area contributed by atoms with Crippen LogP contribution in [0.3, 0.4) is 0 Å². The summed E-state index contributed by atoms with van der Waals surface area (Å²) in [7, 11) is 0. The number of carbonyl (C=O) groups excluding carboxylic acids is 1. The van der Waals surface area contributed by atoms with Crippen molar-refractivity contribution in [1.82, 2.24) is 4.57 Å². The number of alkyl halides is 3. The normalized spacial score (nSPS) is 12.0. The molecule has 0 bridgehead atoms. The fourth-order valence-electron chi connectivity index (χ4n) is 2.95. The number of nitriles is 1. The fourth-order valence-corrected chi connectivity index (χ4v) is 3.46. The SMILES string of the molecule is CC(C)(C(=O)Nc1ccc(C#N)c(C(F)(F)F)c1)n1ccc2cc(I)ccc21. The number of aromatic nitrogens is 1. The first kappa shape index (κ1) is 20.2. The van der Waals surface area contributed by atoms with Crippen molar-refractivity contribution in [3.63, 3.8) is 0 Å². The van der Waals surface area contributed by atoms with Crippen LogP contribution in [0.2, 0.25) is 0 Å². The van der Waals surface area contributed by atoms with Crippen LogP contribution >= 0.6 is 22.6 Å². The van der Waals surface area contributed by atoms with Gasteiger partial charge in [0.1, 0.15) is 5.54 Å². The van der Waals surface area contributed by atoms with E-state index in [4.69, 9.17) is 5.26 Å². The van der Waals surface area contributed by atoms with E-state index in [1.54, 1.807) is 24.6 Å². The summed E-state index contributed by atoms with van der Waals surface area (Å²) in [5.41, 5.74) is -1.80. The molecule has 0 aliphatic carbocycles. The Hall–Kier alpha value is -2.54. The van der Waals surface area contributed by atoms with Gasteiger partial charge < -0.3 is 9.88 Å². The molecule has 28 heavy (non-hydrogen) atoms. The van der Waals surface area contributed by atoms with Gasteiger partial charge >= 0.3 is 6.18 Å². The van der Waals surface area contributed by atoms with Crippen LogP contribution in [-0.4, -0.2) is 10.5 Å². The van der Waals surface area contributed by atoms with Crippen LogP contribution in [0.1, 0.15) is 25.0 Å². The van der Waals surface area contributed by atoms with Gasteiger partial charge in [-0.15, -0.1) is 0 Å². The number of rotatable bonds is 3. The fraction of sp³-hybridized carbons (Fsp3) is 0.200. The summed E-state index contributed by atoms with van der Waals surface area (Å²) in [5, 5.41) is 12.4. The Labute approximate surface area is 173 Å². The first-order valence-electron chi connectivity index (χ1n) is 8.24. The monoisotopic (exact) mass is 497 g/mol. The van der Waals surface area contributed by atoms with Gasteiger partial charge in [0, 0.05) is 26.4 Å². The molecular weight excluding hydrogens is 482 g/mol. The Morgan fingerprint density at radius 1 is 1.14 bits per heavy atom. The average molecular weight is 497 g/mol. The van der Waals surface area contributed by atoms with Crippen molar-refractivity contribution in [2.45, 2.75) is 25.6 Å². The van der Waals surface area contributed by atoms with Crippen LogP contribution in [-0.2, 0) is 16.5 Å². The summed E-state index contributed by atoms with van der Waals surface area (Å²) in [6, 6.07) is 12.3. The number of benzene rings is 2. The van der Waals surface area contributed by atoms with Gasteiger partial charge in [0.2, 0.25) is 5.91 Å². The number of anilines is 1. The topological polar surface area (TPSA) is 57.8 Å². The van der Waals surface area contributed by atoms with E-state index in [1.807, 2.05) is 24.3 Å². The van der Waals surface area contributed by atoms with E-state index in [-0.39, 0.29) is 5.69 Å². The molecule has 0 aliphatic rings. The van der Waals surface area contributed by atoms with Gasteiger partial charge in [-0.2, -0.15) is 18.4 Å². The van der Waals surface area contributed by atoms with Gasteiger partial charge in [-0.25, -0.2) is 0 Å². The maximum atomic E-state index is 13.1. The van der Waals surface area contributed by atoms with Crippen LogP contribution in [0, 0.1) is 14.9 Å². The van der Waals surface area contributed by atoms with Gasteiger partial charge in [-0.05, 0) is 78.9 Å². The van der Waals surface area contributed by atoms with Crippen LogP contribution in [0.25, 0.3) is 10.9 Å². The third-order valence-corrected chi connectivity index (χ3v) is 5.18. The molecule has 2 aromatic carbocycles. The highest BCUT2D eigenvalue weighted by atomic mass is 127. The molecule has 0 atom stereocenters. The van der Waals surface area contributed by atoms with E-state index < -0.39 is 28.7 Å². The number of amides is 1. The van der Waals surface area contributed by atoms with Crippen molar-refractivity contribution in [2.75, 3.05) is 5.32 Å². The highest BCUT2D eigenvalue weighted by molar-refractivity contribution is 14.1. The number of nitrogens with zero attached hydrogens (tertiary/aromatic N) is 2. The van der Waals surface area contributed by atoms with Crippen LogP contribution in [0.5, 0.6) is 0 Å². The molecule has 1 N–H and O–H groups in total. The van der Waals surface area contributed by atoms with E-state index in [0.29, 0.717) is 0 Å². The summed E-state index contributed by atoms with van der Waals surface area (Å²) < 4.78 is 42.3. The van der Waals surface area contributed by atoms with Gasteiger partial charge in [0.25, 0.3) is 0 Å². The summed E-state index contributed by atoms with van der Waals surface area (Å²) in [6.07, 6.45) is -2.91. The largest absolute Gasteiger partial charge is 0.417 e. The molecule has 0 fully saturated rings. The molecule has 3 rings (SSSR count). The summed E-state index contributed by atoms with van der Waals surface area (Å²) in [5.74, 6) is -0.471. The zero-order valence-electron chi connectivity index (χ0n) is 14.9. The molecule has 144 valence electrons. The molecule has 0 saturated carbocycles. The molecule has 1 heterocycles. The maximum absolute atomic E-state index is 13.1. The lowest BCUT2D eigenvalue weighted by molar-refractivity contribution is -0.137. The number of hydrogen-bond acceptors (Lipinski definition) is 2. The number of halogens is 4. The third kappa shape index (κ3) is 3.71. The molecule has 0 radical (unpaired) electrons. The molecule has 0 unspecified atom stereocenters. The van der Waals surface area contributed by atoms with Gasteiger partial charge in [-0.1, -0.05) is 0 Å². The third-order valence-electron chi connectivity index (χ3n) is 4.51. The molecule has 3 aromatic rings. The number of fused-ring (bicyclic) bond motifs is 1. The lowest BCUT2D eigenvalue weighted by atomic mass is 10.0. The van der Waals surface area contributed by atoms with Gasteiger partial charge in [0.05, 0.1) is 17.2 Å². The minimum absolute atomic E-state index is 0.0181. The molecular formula is C20H15F3IN3O.